The summed E-state index contributed by atoms with van der Waals surface area (Å²) in [6.07, 6.45) is 1.19. The van der Waals surface area contributed by atoms with E-state index in [1.54, 1.807) is 7.11 Å². The highest BCUT2D eigenvalue weighted by molar-refractivity contribution is 6.32. The van der Waals surface area contributed by atoms with Crippen molar-refractivity contribution in [2.45, 2.75) is 25.9 Å². The zero-order chi connectivity index (χ0) is 13.1. The van der Waals surface area contributed by atoms with Gasteiger partial charge in [0.15, 0.2) is 0 Å². The Morgan fingerprint density at radius 3 is 2.83 bits per heavy atom. The minimum Gasteiger partial charge on any atom is -0.495 e. The summed E-state index contributed by atoms with van der Waals surface area (Å²) < 4.78 is 5.16. The monoisotopic (exact) mass is 268 g/mol. The second kappa shape index (κ2) is 5.91. The molecule has 0 aromatic heterocycles. The molecule has 18 heavy (non-hydrogen) atoms. The first-order chi connectivity index (χ1) is 8.63. The van der Waals surface area contributed by atoms with E-state index in [1.807, 2.05) is 12.1 Å². The Morgan fingerprint density at radius 1 is 1.50 bits per heavy atom. The lowest BCUT2D eigenvalue weighted by atomic mass is 10.1. The summed E-state index contributed by atoms with van der Waals surface area (Å²) in [4.78, 5) is 2.47. The predicted molar refractivity (Wildman–Crippen MR) is 75.0 cm³/mol. The van der Waals surface area contributed by atoms with E-state index in [2.05, 4.69) is 17.9 Å². The second-order valence-electron chi connectivity index (χ2n) is 5.08. The number of benzene rings is 1. The molecule has 1 saturated heterocycles. The summed E-state index contributed by atoms with van der Waals surface area (Å²) in [6.45, 7) is 5.06. The van der Waals surface area contributed by atoms with Crippen LogP contribution in [0.3, 0.4) is 0 Å². The van der Waals surface area contributed by atoms with Crippen molar-refractivity contribution in [2.75, 3.05) is 20.2 Å². The fourth-order valence-electron chi connectivity index (χ4n) is 2.65. The van der Waals surface area contributed by atoms with Crippen molar-refractivity contribution in [3.05, 3.63) is 28.8 Å². The van der Waals surface area contributed by atoms with Crippen LogP contribution in [0.15, 0.2) is 18.2 Å². The maximum atomic E-state index is 6.14. The zero-order valence-corrected chi connectivity index (χ0v) is 11.8. The molecule has 2 N–H and O–H groups in total. The molecule has 1 aromatic rings. The third-order valence-corrected chi connectivity index (χ3v) is 4.02. The predicted octanol–water partition coefficient (Wildman–Crippen LogP) is 2.52. The number of likely N-dealkylation sites (tertiary alicyclic amines) is 1. The Bertz CT molecular complexity index is 411. The van der Waals surface area contributed by atoms with Crippen molar-refractivity contribution in [1.29, 1.82) is 0 Å². The van der Waals surface area contributed by atoms with Gasteiger partial charge in [0.1, 0.15) is 5.75 Å². The van der Waals surface area contributed by atoms with Crippen molar-refractivity contribution >= 4 is 11.6 Å². The molecule has 1 aliphatic heterocycles. The number of ether oxygens (including phenoxy) is 1. The van der Waals surface area contributed by atoms with Gasteiger partial charge >= 0.3 is 0 Å². The third-order valence-electron chi connectivity index (χ3n) is 3.73. The molecule has 2 unspecified atom stereocenters. The first-order valence-electron chi connectivity index (χ1n) is 6.40. The fourth-order valence-corrected chi connectivity index (χ4v) is 2.93. The van der Waals surface area contributed by atoms with Crippen molar-refractivity contribution in [2.24, 2.45) is 11.7 Å². The van der Waals surface area contributed by atoms with Gasteiger partial charge in [0.25, 0.3) is 0 Å². The normalized spacial score (nSPS) is 24.4. The zero-order valence-electron chi connectivity index (χ0n) is 11.0. The maximum absolute atomic E-state index is 6.14. The van der Waals surface area contributed by atoms with Gasteiger partial charge in [0.2, 0.25) is 0 Å². The Balaban J connectivity index is 2.03. The van der Waals surface area contributed by atoms with Gasteiger partial charge in [-0.05, 0) is 43.5 Å². The molecule has 0 saturated carbocycles. The van der Waals surface area contributed by atoms with Crippen LogP contribution in [0.1, 0.15) is 18.9 Å². The number of hydrogen-bond acceptors (Lipinski definition) is 3. The molecule has 0 aliphatic carbocycles. The molecule has 0 radical (unpaired) electrons. The van der Waals surface area contributed by atoms with Crippen LogP contribution in [0.25, 0.3) is 0 Å². The molecule has 1 heterocycles. The van der Waals surface area contributed by atoms with E-state index in [-0.39, 0.29) is 0 Å². The minimum atomic E-state index is 0.597. The fraction of sp³-hybridized carbons (Fsp3) is 0.571. The van der Waals surface area contributed by atoms with E-state index in [1.165, 1.54) is 12.0 Å². The second-order valence-corrected chi connectivity index (χ2v) is 5.49. The van der Waals surface area contributed by atoms with Gasteiger partial charge in [-0.3, -0.25) is 4.90 Å². The molecule has 0 amide bonds. The number of nitrogens with two attached hydrogens (primary N) is 1. The van der Waals surface area contributed by atoms with E-state index in [0.717, 1.165) is 25.4 Å². The average molecular weight is 269 g/mol. The van der Waals surface area contributed by atoms with E-state index >= 15 is 0 Å². The highest BCUT2D eigenvalue weighted by Gasteiger charge is 2.27. The molecule has 1 aliphatic rings. The van der Waals surface area contributed by atoms with Crippen LogP contribution < -0.4 is 10.5 Å². The largest absolute Gasteiger partial charge is 0.495 e. The van der Waals surface area contributed by atoms with E-state index in [4.69, 9.17) is 22.1 Å². The van der Waals surface area contributed by atoms with Gasteiger partial charge in [0.05, 0.1) is 12.1 Å². The minimum absolute atomic E-state index is 0.597. The van der Waals surface area contributed by atoms with Crippen LogP contribution in [0.4, 0.5) is 0 Å². The number of hydrogen-bond donors (Lipinski definition) is 1. The molecular weight excluding hydrogens is 248 g/mol. The molecule has 2 atom stereocenters. The lowest BCUT2D eigenvalue weighted by Crippen LogP contribution is -2.27. The molecule has 100 valence electrons. The molecule has 1 aromatic carbocycles. The molecule has 1 fully saturated rings. The first kappa shape index (κ1) is 13.7. The lowest BCUT2D eigenvalue weighted by molar-refractivity contribution is 0.256. The highest BCUT2D eigenvalue weighted by atomic mass is 35.5. The van der Waals surface area contributed by atoms with Gasteiger partial charge in [0, 0.05) is 19.1 Å². The summed E-state index contributed by atoms with van der Waals surface area (Å²) in [7, 11) is 1.63. The summed E-state index contributed by atoms with van der Waals surface area (Å²) >= 11 is 6.14. The summed E-state index contributed by atoms with van der Waals surface area (Å²) in [6, 6.07) is 6.59. The van der Waals surface area contributed by atoms with Gasteiger partial charge in [-0.15, -0.1) is 0 Å². The topological polar surface area (TPSA) is 38.5 Å². The SMILES string of the molecule is COc1ccc(CN2CC(CN)CC2C)cc1Cl. The Morgan fingerprint density at radius 2 is 2.28 bits per heavy atom. The van der Waals surface area contributed by atoms with Crippen LogP contribution in [-0.2, 0) is 6.54 Å². The van der Waals surface area contributed by atoms with E-state index in [0.29, 0.717) is 17.0 Å². The highest BCUT2D eigenvalue weighted by Crippen LogP contribution is 2.28. The van der Waals surface area contributed by atoms with Crippen LogP contribution in [0, 0.1) is 5.92 Å². The van der Waals surface area contributed by atoms with E-state index in [9.17, 15) is 0 Å². The molecule has 3 nitrogen and oxygen atoms in total. The Labute approximate surface area is 114 Å². The first-order valence-corrected chi connectivity index (χ1v) is 6.78. The van der Waals surface area contributed by atoms with E-state index < -0.39 is 0 Å². The van der Waals surface area contributed by atoms with Crippen molar-refractivity contribution in [3.63, 3.8) is 0 Å². The molecule has 2 rings (SSSR count). The van der Waals surface area contributed by atoms with Crippen molar-refractivity contribution in [1.82, 2.24) is 4.90 Å². The summed E-state index contributed by atoms with van der Waals surface area (Å²) in [5.74, 6) is 1.36. The van der Waals surface area contributed by atoms with Crippen molar-refractivity contribution in [3.8, 4) is 5.75 Å². The maximum Gasteiger partial charge on any atom is 0.137 e. The number of rotatable bonds is 4. The molecule has 4 heteroatoms. The lowest BCUT2D eigenvalue weighted by Gasteiger charge is -2.21. The molecular formula is C14H21ClN2O. The quantitative estimate of drug-likeness (QED) is 0.912. The average Bonchev–Trinajstić information content (AvgIpc) is 2.70. The Kier molecular flexibility index (Phi) is 4.49. The molecule has 0 bridgehead atoms. The number of methoxy groups -OCH3 is 1. The standard InChI is InChI=1S/C14H21ClN2O/c1-10-5-12(7-16)9-17(10)8-11-3-4-14(18-2)13(15)6-11/h3-4,6,10,12H,5,7-9,16H2,1-2H3. The van der Waals surface area contributed by atoms with Gasteiger partial charge in [-0.1, -0.05) is 17.7 Å². The number of nitrogens with zero attached hydrogens (tertiary/aromatic N) is 1. The summed E-state index contributed by atoms with van der Waals surface area (Å²) in [5.41, 5.74) is 6.98. The Hall–Kier alpha value is -0.770. The third kappa shape index (κ3) is 2.97. The summed E-state index contributed by atoms with van der Waals surface area (Å²) in [5, 5.41) is 0.678. The van der Waals surface area contributed by atoms with Gasteiger partial charge < -0.3 is 10.5 Å². The van der Waals surface area contributed by atoms with Crippen LogP contribution >= 0.6 is 11.6 Å². The van der Waals surface area contributed by atoms with Gasteiger partial charge in [-0.2, -0.15) is 0 Å². The van der Waals surface area contributed by atoms with Crippen LogP contribution in [0.5, 0.6) is 5.75 Å². The van der Waals surface area contributed by atoms with Crippen molar-refractivity contribution < 1.29 is 4.74 Å². The van der Waals surface area contributed by atoms with Gasteiger partial charge in [-0.25, -0.2) is 0 Å². The number of halogens is 1. The van der Waals surface area contributed by atoms with Crippen LogP contribution in [-0.4, -0.2) is 31.1 Å². The van der Waals surface area contributed by atoms with Crippen LogP contribution in [0.2, 0.25) is 5.02 Å². The molecule has 0 spiro atoms. The smallest absolute Gasteiger partial charge is 0.137 e.